The lowest BCUT2D eigenvalue weighted by atomic mass is 10.1. The van der Waals surface area contributed by atoms with Crippen LogP contribution in [0.15, 0.2) is 30.3 Å². The lowest BCUT2D eigenvalue weighted by Gasteiger charge is -2.22. The molecule has 1 aliphatic rings. The number of rotatable bonds is 5. The summed E-state index contributed by atoms with van der Waals surface area (Å²) < 4.78 is 2.52. The molecule has 0 amide bonds. The maximum Gasteiger partial charge on any atom is 0.109 e. The summed E-state index contributed by atoms with van der Waals surface area (Å²) in [7, 11) is 0. The molecule has 3 rings (SSSR count). The van der Waals surface area contributed by atoms with E-state index in [1.807, 2.05) is 0 Å². The molecule has 2 heterocycles. The first kappa shape index (κ1) is 14.3. The van der Waals surface area contributed by atoms with E-state index in [0.29, 0.717) is 6.04 Å². The van der Waals surface area contributed by atoms with Gasteiger partial charge in [0.15, 0.2) is 0 Å². The first-order valence-electron chi connectivity index (χ1n) is 8.13. The van der Waals surface area contributed by atoms with Gasteiger partial charge in [-0.2, -0.15) is 0 Å². The predicted octanol–water partition coefficient (Wildman–Crippen LogP) is 3.29. The molecule has 0 fully saturated rings. The smallest absolute Gasteiger partial charge is 0.109 e. The highest BCUT2D eigenvalue weighted by Gasteiger charge is 2.22. The zero-order valence-electron chi connectivity index (χ0n) is 13.1. The first-order valence-corrected chi connectivity index (χ1v) is 8.13. The van der Waals surface area contributed by atoms with Crippen LogP contribution in [0.5, 0.6) is 0 Å². The summed E-state index contributed by atoms with van der Waals surface area (Å²) in [5.74, 6) is 1.27. The highest BCUT2D eigenvalue weighted by Crippen LogP contribution is 2.24. The molecule has 1 atom stereocenters. The van der Waals surface area contributed by atoms with Crippen LogP contribution in [0.1, 0.15) is 49.1 Å². The van der Waals surface area contributed by atoms with Gasteiger partial charge in [0.2, 0.25) is 0 Å². The quantitative estimate of drug-likeness (QED) is 0.912. The van der Waals surface area contributed by atoms with Crippen molar-refractivity contribution in [2.24, 2.45) is 0 Å². The Balaban J connectivity index is 1.90. The number of hydrogen-bond acceptors (Lipinski definition) is 2. The standard InChI is InChI=1S/C18H25N3/c1-3-7-18-20-16-13-19-11-10-17(16)21(18)14(2)12-15-8-5-4-6-9-15/h4-6,8-9,14,19H,3,7,10-13H2,1-2H3. The fourth-order valence-electron chi connectivity index (χ4n) is 3.36. The number of hydrogen-bond donors (Lipinski definition) is 1. The number of benzene rings is 1. The van der Waals surface area contributed by atoms with Crippen LogP contribution in [0.25, 0.3) is 0 Å². The van der Waals surface area contributed by atoms with Crippen molar-refractivity contribution in [1.29, 1.82) is 0 Å². The van der Waals surface area contributed by atoms with Crippen molar-refractivity contribution in [2.75, 3.05) is 6.54 Å². The van der Waals surface area contributed by atoms with Gasteiger partial charge < -0.3 is 9.88 Å². The third kappa shape index (κ3) is 3.03. The molecular formula is C18H25N3. The van der Waals surface area contributed by atoms with E-state index in [1.54, 1.807) is 0 Å². The monoisotopic (exact) mass is 283 g/mol. The van der Waals surface area contributed by atoms with Gasteiger partial charge in [0, 0.05) is 37.7 Å². The van der Waals surface area contributed by atoms with Crippen LogP contribution in [-0.2, 0) is 25.8 Å². The fourth-order valence-corrected chi connectivity index (χ4v) is 3.36. The Morgan fingerprint density at radius 3 is 2.86 bits per heavy atom. The number of nitrogens with one attached hydrogen (secondary N) is 1. The third-order valence-electron chi connectivity index (χ3n) is 4.29. The second-order valence-electron chi connectivity index (χ2n) is 6.01. The van der Waals surface area contributed by atoms with Crippen molar-refractivity contribution in [1.82, 2.24) is 14.9 Å². The van der Waals surface area contributed by atoms with Gasteiger partial charge in [-0.05, 0) is 25.3 Å². The third-order valence-corrected chi connectivity index (χ3v) is 4.29. The molecule has 112 valence electrons. The Labute approximate surface area is 127 Å². The van der Waals surface area contributed by atoms with E-state index < -0.39 is 0 Å². The van der Waals surface area contributed by atoms with Crippen LogP contribution in [0.2, 0.25) is 0 Å². The van der Waals surface area contributed by atoms with Gasteiger partial charge in [-0.1, -0.05) is 37.3 Å². The molecule has 1 aliphatic heterocycles. The van der Waals surface area contributed by atoms with Crippen molar-refractivity contribution >= 4 is 0 Å². The van der Waals surface area contributed by atoms with Gasteiger partial charge in [-0.15, -0.1) is 0 Å². The van der Waals surface area contributed by atoms with Crippen LogP contribution < -0.4 is 5.32 Å². The second kappa shape index (κ2) is 6.44. The molecule has 3 nitrogen and oxygen atoms in total. The molecule has 1 unspecified atom stereocenters. The minimum atomic E-state index is 0.475. The van der Waals surface area contributed by atoms with E-state index in [1.165, 1.54) is 22.8 Å². The summed E-state index contributed by atoms with van der Waals surface area (Å²) in [6.45, 7) is 6.56. The normalized spacial score (nSPS) is 15.7. The maximum atomic E-state index is 4.90. The van der Waals surface area contributed by atoms with E-state index >= 15 is 0 Å². The lowest BCUT2D eigenvalue weighted by molar-refractivity contribution is 0.489. The number of nitrogens with zero attached hydrogens (tertiary/aromatic N) is 2. The second-order valence-corrected chi connectivity index (χ2v) is 6.01. The number of aromatic nitrogens is 2. The van der Waals surface area contributed by atoms with E-state index in [9.17, 15) is 0 Å². The van der Waals surface area contributed by atoms with Gasteiger partial charge in [-0.25, -0.2) is 4.98 Å². The average molecular weight is 283 g/mol. The zero-order chi connectivity index (χ0) is 14.7. The summed E-state index contributed by atoms with van der Waals surface area (Å²) in [5, 5.41) is 3.44. The van der Waals surface area contributed by atoms with E-state index in [0.717, 1.165) is 38.8 Å². The topological polar surface area (TPSA) is 29.9 Å². The van der Waals surface area contributed by atoms with Gasteiger partial charge in [-0.3, -0.25) is 0 Å². The Morgan fingerprint density at radius 1 is 1.29 bits per heavy atom. The molecule has 0 spiro atoms. The van der Waals surface area contributed by atoms with Gasteiger partial charge in [0.25, 0.3) is 0 Å². The summed E-state index contributed by atoms with van der Waals surface area (Å²) >= 11 is 0. The van der Waals surface area contributed by atoms with Crippen LogP contribution in [0.4, 0.5) is 0 Å². The van der Waals surface area contributed by atoms with Crippen LogP contribution in [0.3, 0.4) is 0 Å². The fraction of sp³-hybridized carbons (Fsp3) is 0.500. The summed E-state index contributed by atoms with van der Waals surface area (Å²) in [6, 6.07) is 11.3. The summed E-state index contributed by atoms with van der Waals surface area (Å²) in [5.41, 5.74) is 4.13. The van der Waals surface area contributed by atoms with Crippen molar-refractivity contribution < 1.29 is 0 Å². The minimum Gasteiger partial charge on any atom is -0.329 e. The summed E-state index contributed by atoms with van der Waals surface area (Å²) in [4.78, 5) is 4.90. The zero-order valence-corrected chi connectivity index (χ0v) is 13.1. The van der Waals surface area contributed by atoms with Gasteiger partial charge in [0.05, 0.1) is 5.69 Å². The highest BCUT2D eigenvalue weighted by molar-refractivity contribution is 5.23. The lowest BCUT2D eigenvalue weighted by Crippen LogP contribution is -2.26. The summed E-state index contributed by atoms with van der Waals surface area (Å²) in [6.07, 6.45) is 4.41. The highest BCUT2D eigenvalue weighted by atomic mass is 15.1. The van der Waals surface area contributed by atoms with Crippen LogP contribution >= 0.6 is 0 Å². The molecule has 0 bridgehead atoms. The molecule has 1 aromatic heterocycles. The molecule has 3 heteroatoms. The SMILES string of the molecule is CCCc1nc2c(n1C(C)Cc1ccccc1)CCNC2. The van der Waals surface area contributed by atoms with E-state index in [2.05, 4.69) is 54.1 Å². The Morgan fingerprint density at radius 2 is 2.10 bits per heavy atom. The Hall–Kier alpha value is -1.61. The van der Waals surface area contributed by atoms with Crippen molar-refractivity contribution in [3.63, 3.8) is 0 Å². The van der Waals surface area contributed by atoms with Gasteiger partial charge >= 0.3 is 0 Å². The van der Waals surface area contributed by atoms with Gasteiger partial charge in [0.1, 0.15) is 5.82 Å². The van der Waals surface area contributed by atoms with E-state index in [-0.39, 0.29) is 0 Å². The minimum absolute atomic E-state index is 0.475. The maximum absolute atomic E-state index is 4.90. The molecule has 0 aliphatic carbocycles. The number of aryl methyl sites for hydroxylation is 1. The molecule has 0 saturated carbocycles. The van der Waals surface area contributed by atoms with Crippen molar-refractivity contribution in [3.05, 3.63) is 53.1 Å². The molecule has 2 aromatic rings. The average Bonchev–Trinajstić information content (AvgIpc) is 2.86. The largest absolute Gasteiger partial charge is 0.329 e. The molecule has 1 aromatic carbocycles. The molecule has 1 N–H and O–H groups in total. The molecule has 0 saturated heterocycles. The first-order chi connectivity index (χ1) is 10.3. The van der Waals surface area contributed by atoms with Crippen LogP contribution in [0, 0.1) is 0 Å². The molecule has 0 radical (unpaired) electrons. The Bertz CT molecular complexity index is 586. The molecule has 21 heavy (non-hydrogen) atoms. The van der Waals surface area contributed by atoms with Crippen molar-refractivity contribution in [3.8, 4) is 0 Å². The Kier molecular flexibility index (Phi) is 4.39. The van der Waals surface area contributed by atoms with Crippen LogP contribution in [-0.4, -0.2) is 16.1 Å². The number of fused-ring (bicyclic) bond motifs is 1. The van der Waals surface area contributed by atoms with E-state index in [4.69, 9.17) is 4.98 Å². The molecular weight excluding hydrogens is 258 g/mol. The predicted molar refractivity (Wildman–Crippen MR) is 86.5 cm³/mol. The van der Waals surface area contributed by atoms with Crippen molar-refractivity contribution in [2.45, 2.75) is 52.1 Å². The number of imidazole rings is 1.